The normalized spacial score (nSPS) is 11.3. The number of pyridine rings is 1. The highest BCUT2D eigenvalue weighted by Gasteiger charge is 2.05. The Labute approximate surface area is 106 Å². The zero-order chi connectivity index (χ0) is 13.4. The first-order chi connectivity index (χ1) is 8.63. The molecule has 1 aromatic rings. The predicted molar refractivity (Wildman–Crippen MR) is 68.6 cm³/mol. The highest BCUT2D eigenvalue weighted by molar-refractivity contribution is 5.92. The van der Waals surface area contributed by atoms with Gasteiger partial charge in [0.2, 0.25) is 0 Å². The first-order valence-corrected chi connectivity index (χ1v) is 5.81. The molecule has 0 aliphatic carbocycles. The van der Waals surface area contributed by atoms with Crippen LogP contribution < -0.4 is 11.1 Å². The van der Waals surface area contributed by atoms with Gasteiger partial charge in [-0.2, -0.15) is 0 Å². The van der Waals surface area contributed by atoms with Crippen LogP contribution in [0.25, 0.3) is 0 Å². The molecule has 1 amide bonds. The van der Waals surface area contributed by atoms with Crippen molar-refractivity contribution in [1.29, 1.82) is 0 Å². The molecule has 98 valence electrons. The number of hydrogen-bond acceptors (Lipinski definition) is 4. The number of amidine groups is 1. The van der Waals surface area contributed by atoms with E-state index in [9.17, 15) is 4.79 Å². The molecule has 1 aromatic heterocycles. The van der Waals surface area contributed by atoms with Gasteiger partial charge in [0.05, 0.1) is 0 Å². The minimum Gasteiger partial charge on any atom is -0.409 e. The van der Waals surface area contributed by atoms with Crippen molar-refractivity contribution in [3.8, 4) is 0 Å². The van der Waals surface area contributed by atoms with Crippen molar-refractivity contribution >= 4 is 11.7 Å². The summed E-state index contributed by atoms with van der Waals surface area (Å²) in [6.45, 7) is 2.39. The summed E-state index contributed by atoms with van der Waals surface area (Å²) < 4.78 is 0. The zero-order valence-electron chi connectivity index (χ0n) is 10.4. The minimum absolute atomic E-state index is 0.178. The Kier molecular flexibility index (Phi) is 5.63. The fraction of sp³-hybridized carbons (Fsp3) is 0.417. The Morgan fingerprint density at radius 3 is 2.94 bits per heavy atom. The lowest BCUT2D eigenvalue weighted by Crippen LogP contribution is -2.25. The summed E-state index contributed by atoms with van der Waals surface area (Å²) in [4.78, 5) is 15.8. The third-order valence-corrected chi connectivity index (χ3v) is 2.39. The number of carbonyl (C=O) groups excluding carboxylic acids is 1. The Balaban J connectivity index is 2.26. The fourth-order valence-electron chi connectivity index (χ4n) is 1.44. The number of carbonyl (C=O) groups is 1. The van der Waals surface area contributed by atoms with Crippen LogP contribution in [0, 0.1) is 6.92 Å². The maximum absolute atomic E-state index is 11.7. The molecule has 4 N–H and O–H groups in total. The number of oxime groups is 1. The molecule has 0 saturated carbocycles. The summed E-state index contributed by atoms with van der Waals surface area (Å²) in [6.07, 6.45) is 2.06. The average Bonchev–Trinajstić information content (AvgIpc) is 2.37. The SMILES string of the molecule is Cc1cccc(C(=O)NCCCCC(N)=NO)n1. The lowest BCUT2D eigenvalue weighted by atomic mass is 10.2. The molecule has 0 atom stereocenters. The van der Waals surface area contributed by atoms with Gasteiger partial charge in [0, 0.05) is 18.7 Å². The van der Waals surface area contributed by atoms with Gasteiger partial charge < -0.3 is 16.3 Å². The molecule has 0 saturated heterocycles. The molecule has 0 aliphatic heterocycles. The van der Waals surface area contributed by atoms with E-state index in [1.807, 2.05) is 13.0 Å². The summed E-state index contributed by atoms with van der Waals surface area (Å²) in [7, 11) is 0. The molecule has 1 rings (SSSR count). The quantitative estimate of drug-likeness (QED) is 0.231. The van der Waals surface area contributed by atoms with Crippen molar-refractivity contribution in [2.75, 3.05) is 6.54 Å². The van der Waals surface area contributed by atoms with E-state index in [1.165, 1.54) is 0 Å². The van der Waals surface area contributed by atoms with E-state index < -0.39 is 0 Å². The number of amides is 1. The predicted octanol–water partition coefficient (Wildman–Crippen LogP) is 1.04. The van der Waals surface area contributed by atoms with Crippen molar-refractivity contribution in [3.05, 3.63) is 29.6 Å². The fourth-order valence-corrected chi connectivity index (χ4v) is 1.44. The van der Waals surface area contributed by atoms with Gasteiger partial charge in [0.1, 0.15) is 11.5 Å². The third-order valence-electron chi connectivity index (χ3n) is 2.39. The van der Waals surface area contributed by atoms with Crippen LogP contribution >= 0.6 is 0 Å². The Bertz CT molecular complexity index is 432. The third kappa shape index (κ3) is 4.82. The number of aryl methyl sites for hydroxylation is 1. The Morgan fingerprint density at radius 2 is 2.28 bits per heavy atom. The summed E-state index contributed by atoms with van der Waals surface area (Å²) in [5.41, 5.74) is 6.56. The highest BCUT2D eigenvalue weighted by Crippen LogP contribution is 1.99. The standard InChI is InChI=1S/C12H18N4O2/c1-9-5-4-6-10(15-9)12(17)14-8-3-2-7-11(13)16-18/h4-6,18H,2-3,7-8H2,1H3,(H2,13,16)(H,14,17). The molecule has 1 heterocycles. The molecule has 6 nitrogen and oxygen atoms in total. The second kappa shape index (κ2) is 7.26. The van der Waals surface area contributed by atoms with Crippen LogP contribution in [0.4, 0.5) is 0 Å². The van der Waals surface area contributed by atoms with Gasteiger partial charge in [0.15, 0.2) is 0 Å². The molecule has 0 aromatic carbocycles. The van der Waals surface area contributed by atoms with Crippen molar-refractivity contribution in [2.24, 2.45) is 10.9 Å². The van der Waals surface area contributed by atoms with Crippen LogP contribution in [0.15, 0.2) is 23.4 Å². The first kappa shape index (κ1) is 14.0. The second-order valence-electron chi connectivity index (χ2n) is 3.97. The van der Waals surface area contributed by atoms with Gasteiger partial charge in [-0.05, 0) is 31.9 Å². The molecule has 6 heteroatoms. The van der Waals surface area contributed by atoms with Gasteiger partial charge in [-0.3, -0.25) is 4.79 Å². The largest absolute Gasteiger partial charge is 0.409 e. The summed E-state index contributed by atoms with van der Waals surface area (Å²) in [6, 6.07) is 5.32. The number of hydrogen-bond donors (Lipinski definition) is 3. The van der Waals surface area contributed by atoms with Crippen molar-refractivity contribution in [3.63, 3.8) is 0 Å². The van der Waals surface area contributed by atoms with Gasteiger partial charge in [-0.15, -0.1) is 0 Å². The number of nitrogens with zero attached hydrogens (tertiary/aromatic N) is 2. The molecular formula is C12H18N4O2. The van der Waals surface area contributed by atoms with E-state index in [-0.39, 0.29) is 11.7 Å². The molecule has 18 heavy (non-hydrogen) atoms. The van der Waals surface area contributed by atoms with E-state index in [4.69, 9.17) is 10.9 Å². The van der Waals surface area contributed by atoms with E-state index in [2.05, 4.69) is 15.5 Å². The van der Waals surface area contributed by atoms with Crippen molar-refractivity contribution in [1.82, 2.24) is 10.3 Å². The molecule has 0 radical (unpaired) electrons. The number of aromatic nitrogens is 1. The maximum Gasteiger partial charge on any atom is 0.269 e. The molecule has 0 spiro atoms. The number of rotatable bonds is 6. The molecule has 0 unspecified atom stereocenters. The molecule has 0 bridgehead atoms. The highest BCUT2D eigenvalue weighted by atomic mass is 16.4. The zero-order valence-corrected chi connectivity index (χ0v) is 10.4. The van der Waals surface area contributed by atoms with Crippen LogP contribution in [0.2, 0.25) is 0 Å². The lowest BCUT2D eigenvalue weighted by molar-refractivity contribution is 0.0948. The van der Waals surface area contributed by atoms with Crippen LogP contribution in [0.3, 0.4) is 0 Å². The summed E-state index contributed by atoms with van der Waals surface area (Å²) >= 11 is 0. The monoisotopic (exact) mass is 250 g/mol. The Hall–Kier alpha value is -2.11. The van der Waals surface area contributed by atoms with E-state index in [0.29, 0.717) is 18.7 Å². The minimum atomic E-state index is -0.178. The van der Waals surface area contributed by atoms with Crippen LogP contribution in [-0.4, -0.2) is 28.5 Å². The lowest BCUT2D eigenvalue weighted by Gasteiger charge is -2.04. The van der Waals surface area contributed by atoms with Crippen molar-refractivity contribution < 1.29 is 10.0 Å². The van der Waals surface area contributed by atoms with E-state index in [1.54, 1.807) is 12.1 Å². The summed E-state index contributed by atoms with van der Waals surface area (Å²) in [5.74, 6) is 0.0316. The molecule has 0 fully saturated rings. The van der Waals surface area contributed by atoms with Crippen molar-refractivity contribution in [2.45, 2.75) is 26.2 Å². The van der Waals surface area contributed by atoms with E-state index in [0.717, 1.165) is 18.5 Å². The van der Waals surface area contributed by atoms with Gasteiger partial charge >= 0.3 is 0 Å². The number of nitrogens with two attached hydrogens (primary N) is 1. The van der Waals surface area contributed by atoms with Crippen LogP contribution in [0.1, 0.15) is 35.4 Å². The first-order valence-electron chi connectivity index (χ1n) is 5.81. The van der Waals surface area contributed by atoms with Gasteiger partial charge in [0.25, 0.3) is 5.91 Å². The van der Waals surface area contributed by atoms with Gasteiger partial charge in [-0.1, -0.05) is 11.2 Å². The Morgan fingerprint density at radius 1 is 1.50 bits per heavy atom. The maximum atomic E-state index is 11.7. The second-order valence-corrected chi connectivity index (χ2v) is 3.97. The van der Waals surface area contributed by atoms with Crippen LogP contribution in [-0.2, 0) is 0 Å². The average molecular weight is 250 g/mol. The number of nitrogens with one attached hydrogen (secondary N) is 1. The molecule has 0 aliphatic rings. The molecular weight excluding hydrogens is 232 g/mol. The summed E-state index contributed by atoms with van der Waals surface area (Å²) in [5, 5.41) is 14.0. The van der Waals surface area contributed by atoms with Crippen LogP contribution in [0.5, 0.6) is 0 Å². The van der Waals surface area contributed by atoms with E-state index >= 15 is 0 Å². The number of unbranched alkanes of at least 4 members (excludes halogenated alkanes) is 1. The smallest absolute Gasteiger partial charge is 0.269 e. The van der Waals surface area contributed by atoms with Gasteiger partial charge in [-0.25, -0.2) is 4.98 Å². The topological polar surface area (TPSA) is 101 Å².